The minimum atomic E-state index is -0.252. The van der Waals surface area contributed by atoms with Crippen molar-refractivity contribution in [1.29, 1.82) is 0 Å². The van der Waals surface area contributed by atoms with Gasteiger partial charge >= 0.3 is 6.09 Å². The summed E-state index contributed by atoms with van der Waals surface area (Å²) in [5.41, 5.74) is 1.00. The summed E-state index contributed by atoms with van der Waals surface area (Å²) in [5, 5.41) is 0. The van der Waals surface area contributed by atoms with Gasteiger partial charge in [0.05, 0.1) is 12.6 Å². The molecular weight excluding hydrogens is 242 g/mol. The van der Waals surface area contributed by atoms with Gasteiger partial charge in [0.1, 0.15) is 6.61 Å². The molecule has 2 rings (SSSR count). The molecule has 1 aliphatic heterocycles. The van der Waals surface area contributed by atoms with Crippen LogP contribution in [0.3, 0.4) is 0 Å². The zero-order chi connectivity index (χ0) is 13.7. The van der Waals surface area contributed by atoms with Gasteiger partial charge in [0, 0.05) is 13.7 Å². The topological polar surface area (TPSA) is 38.8 Å². The third-order valence-electron chi connectivity index (χ3n) is 3.42. The highest BCUT2D eigenvalue weighted by molar-refractivity contribution is 5.67. The molecular formula is C15H21NO3. The maximum Gasteiger partial charge on any atom is 0.410 e. The Morgan fingerprint density at radius 3 is 2.74 bits per heavy atom. The first-order chi connectivity index (χ1) is 9.19. The first kappa shape index (κ1) is 13.9. The minimum absolute atomic E-state index is 0.119. The van der Waals surface area contributed by atoms with Crippen LogP contribution < -0.4 is 0 Å². The predicted molar refractivity (Wildman–Crippen MR) is 72.8 cm³/mol. The monoisotopic (exact) mass is 263 g/mol. The maximum atomic E-state index is 12.0. The summed E-state index contributed by atoms with van der Waals surface area (Å²) in [4.78, 5) is 13.8. The Balaban J connectivity index is 1.85. The Kier molecular flexibility index (Phi) is 4.80. The summed E-state index contributed by atoms with van der Waals surface area (Å²) in [6.07, 6.45) is 0.865. The molecule has 1 aliphatic rings. The maximum absolute atomic E-state index is 12.0. The molecule has 0 bridgehead atoms. The second-order valence-corrected chi connectivity index (χ2v) is 5.14. The fourth-order valence-corrected chi connectivity index (χ4v) is 2.42. The van der Waals surface area contributed by atoms with Crippen LogP contribution in [0.2, 0.25) is 0 Å². The Morgan fingerprint density at radius 1 is 1.32 bits per heavy atom. The van der Waals surface area contributed by atoms with E-state index in [4.69, 9.17) is 9.47 Å². The van der Waals surface area contributed by atoms with Crippen molar-refractivity contribution >= 4 is 6.09 Å². The Hall–Kier alpha value is -1.55. The second kappa shape index (κ2) is 6.57. The van der Waals surface area contributed by atoms with Crippen LogP contribution in [0.5, 0.6) is 0 Å². The number of amides is 1. The molecule has 0 spiro atoms. The van der Waals surface area contributed by atoms with Gasteiger partial charge in [-0.1, -0.05) is 37.3 Å². The third kappa shape index (κ3) is 3.96. The second-order valence-electron chi connectivity index (χ2n) is 5.14. The van der Waals surface area contributed by atoms with Gasteiger partial charge in [-0.25, -0.2) is 4.79 Å². The molecule has 104 valence electrons. The van der Waals surface area contributed by atoms with Crippen LogP contribution in [0.1, 0.15) is 18.9 Å². The van der Waals surface area contributed by atoms with Crippen molar-refractivity contribution in [3.63, 3.8) is 0 Å². The fourth-order valence-electron chi connectivity index (χ4n) is 2.42. The number of methoxy groups -OCH3 is 1. The first-order valence-corrected chi connectivity index (χ1v) is 6.67. The number of hydrogen-bond acceptors (Lipinski definition) is 3. The molecule has 19 heavy (non-hydrogen) atoms. The highest BCUT2D eigenvalue weighted by Gasteiger charge is 2.28. The highest BCUT2D eigenvalue weighted by atomic mass is 16.6. The van der Waals surface area contributed by atoms with Gasteiger partial charge in [0.2, 0.25) is 0 Å². The zero-order valence-corrected chi connectivity index (χ0v) is 11.5. The van der Waals surface area contributed by atoms with Crippen LogP contribution in [0.4, 0.5) is 4.79 Å². The number of ether oxygens (including phenoxy) is 2. The number of carbonyl (C=O) groups is 1. The molecule has 0 aromatic heterocycles. The van der Waals surface area contributed by atoms with E-state index in [0.717, 1.165) is 18.5 Å². The number of benzene rings is 1. The van der Waals surface area contributed by atoms with Gasteiger partial charge in [-0.2, -0.15) is 0 Å². The van der Waals surface area contributed by atoms with Crippen LogP contribution in [-0.2, 0) is 16.1 Å². The van der Waals surface area contributed by atoms with Crippen molar-refractivity contribution in [2.45, 2.75) is 26.1 Å². The van der Waals surface area contributed by atoms with Gasteiger partial charge in [-0.3, -0.25) is 0 Å². The largest absolute Gasteiger partial charge is 0.445 e. The molecule has 0 N–H and O–H groups in total. The predicted octanol–water partition coefficient (Wildman–Crippen LogP) is 2.68. The van der Waals surface area contributed by atoms with E-state index in [1.165, 1.54) is 0 Å². The van der Waals surface area contributed by atoms with Gasteiger partial charge in [-0.05, 0) is 17.9 Å². The van der Waals surface area contributed by atoms with Crippen molar-refractivity contribution in [2.75, 3.05) is 20.2 Å². The molecule has 1 aromatic rings. The molecule has 1 saturated heterocycles. The lowest BCUT2D eigenvalue weighted by atomic mass is 9.98. The number of hydrogen-bond donors (Lipinski definition) is 0. The van der Waals surface area contributed by atoms with Crippen molar-refractivity contribution in [3.8, 4) is 0 Å². The fraction of sp³-hybridized carbons (Fsp3) is 0.533. The van der Waals surface area contributed by atoms with Crippen molar-refractivity contribution in [2.24, 2.45) is 5.92 Å². The zero-order valence-electron chi connectivity index (χ0n) is 11.5. The van der Waals surface area contributed by atoms with Crippen LogP contribution in [0.15, 0.2) is 30.3 Å². The third-order valence-corrected chi connectivity index (χ3v) is 3.42. The number of carbonyl (C=O) groups excluding carboxylic acids is 1. The average Bonchev–Trinajstić information content (AvgIpc) is 2.45. The molecule has 1 aromatic carbocycles. The summed E-state index contributed by atoms with van der Waals surface area (Å²) < 4.78 is 10.7. The van der Waals surface area contributed by atoms with Crippen molar-refractivity contribution in [3.05, 3.63) is 35.9 Å². The molecule has 0 aliphatic carbocycles. The van der Waals surface area contributed by atoms with Gasteiger partial charge < -0.3 is 14.4 Å². The van der Waals surface area contributed by atoms with Crippen LogP contribution in [-0.4, -0.2) is 37.3 Å². The Bertz CT molecular complexity index is 407. The Labute approximate surface area is 114 Å². The van der Waals surface area contributed by atoms with E-state index in [9.17, 15) is 4.79 Å². The van der Waals surface area contributed by atoms with Gasteiger partial charge in [-0.15, -0.1) is 0 Å². The number of nitrogens with zero attached hydrogens (tertiary/aromatic N) is 1. The lowest BCUT2D eigenvalue weighted by Crippen LogP contribution is -2.46. The number of piperidine rings is 1. The van der Waals surface area contributed by atoms with E-state index >= 15 is 0 Å². The quantitative estimate of drug-likeness (QED) is 0.841. The van der Waals surface area contributed by atoms with Gasteiger partial charge in [0.25, 0.3) is 0 Å². The lowest BCUT2D eigenvalue weighted by Gasteiger charge is -2.34. The smallest absolute Gasteiger partial charge is 0.410 e. The summed E-state index contributed by atoms with van der Waals surface area (Å²) in [6, 6.07) is 9.72. The number of rotatable bonds is 3. The van der Waals surface area contributed by atoms with E-state index in [0.29, 0.717) is 19.1 Å². The van der Waals surface area contributed by atoms with Crippen molar-refractivity contribution in [1.82, 2.24) is 4.90 Å². The standard InChI is InChI=1S/C15H21NO3/c1-12-8-14(18-2)10-16(9-12)15(17)19-11-13-6-4-3-5-7-13/h3-7,12,14H,8-11H2,1-2H3/t12-,14+/m0/s1. The van der Waals surface area contributed by atoms with E-state index in [-0.39, 0.29) is 12.2 Å². The normalized spacial score (nSPS) is 23.2. The number of likely N-dealkylation sites (tertiary alicyclic amines) is 1. The summed E-state index contributed by atoms with van der Waals surface area (Å²) in [7, 11) is 1.69. The Morgan fingerprint density at radius 2 is 2.05 bits per heavy atom. The van der Waals surface area contributed by atoms with E-state index in [1.54, 1.807) is 12.0 Å². The summed E-state index contributed by atoms with van der Waals surface area (Å²) >= 11 is 0. The van der Waals surface area contributed by atoms with Crippen molar-refractivity contribution < 1.29 is 14.3 Å². The first-order valence-electron chi connectivity index (χ1n) is 6.67. The molecule has 0 saturated carbocycles. The minimum Gasteiger partial charge on any atom is -0.445 e. The highest BCUT2D eigenvalue weighted by Crippen LogP contribution is 2.19. The average molecular weight is 263 g/mol. The van der Waals surface area contributed by atoms with E-state index in [2.05, 4.69) is 6.92 Å². The molecule has 1 amide bonds. The molecule has 1 fully saturated rings. The van der Waals surface area contributed by atoms with Crippen LogP contribution in [0.25, 0.3) is 0 Å². The molecule has 4 heteroatoms. The summed E-state index contributed by atoms with van der Waals surface area (Å²) in [5.74, 6) is 0.447. The molecule has 0 unspecified atom stereocenters. The van der Waals surface area contributed by atoms with E-state index in [1.807, 2.05) is 30.3 Å². The van der Waals surface area contributed by atoms with E-state index < -0.39 is 0 Å². The SMILES string of the molecule is CO[C@@H]1C[C@H](C)CN(C(=O)OCc2ccccc2)C1. The van der Waals surface area contributed by atoms with Crippen LogP contribution in [0, 0.1) is 5.92 Å². The molecule has 1 heterocycles. The molecule has 2 atom stereocenters. The van der Waals surface area contributed by atoms with Crippen LogP contribution >= 0.6 is 0 Å². The molecule has 4 nitrogen and oxygen atoms in total. The summed E-state index contributed by atoms with van der Waals surface area (Å²) in [6.45, 7) is 3.81. The molecule has 0 radical (unpaired) electrons. The lowest BCUT2D eigenvalue weighted by molar-refractivity contribution is 0.00550. The van der Waals surface area contributed by atoms with Gasteiger partial charge in [0.15, 0.2) is 0 Å².